The van der Waals surface area contributed by atoms with Gasteiger partial charge in [-0.25, -0.2) is 4.98 Å². The Labute approximate surface area is 151 Å². The topological polar surface area (TPSA) is 54.9 Å². The maximum absolute atomic E-state index is 12.0. The molecule has 5 heteroatoms. The summed E-state index contributed by atoms with van der Waals surface area (Å²) in [5, 5.41) is 3.91. The maximum atomic E-state index is 12.0. The van der Waals surface area contributed by atoms with E-state index in [0.29, 0.717) is 6.54 Å². The van der Waals surface area contributed by atoms with E-state index in [-0.39, 0.29) is 5.91 Å². The Hall–Kier alpha value is -2.79. The number of nitrogens with one attached hydrogen (secondary N) is 1. The first-order valence-corrected chi connectivity index (χ1v) is 8.83. The predicted octanol–water partition coefficient (Wildman–Crippen LogP) is 4.15. The summed E-state index contributed by atoms with van der Waals surface area (Å²) in [6, 6.07) is 11.9. The number of hydrogen-bond acceptors (Lipinski definition) is 4. The molecular weight excluding hydrogens is 330 g/mol. The highest BCUT2D eigenvalue weighted by Gasteiger charge is 2.11. The van der Waals surface area contributed by atoms with Gasteiger partial charge in [0.25, 0.3) is 0 Å². The quantitative estimate of drug-likeness (QED) is 0.704. The zero-order chi connectivity index (χ0) is 17.6. The van der Waals surface area contributed by atoms with Gasteiger partial charge in [0, 0.05) is 28.9 Å². The molecule has 1 aromatic carbocycles. The molecule has 0 fully saturated rings. The van der Waals surface area contributed by atoms with Crippen LogP contribution in [0.1, 0.15) is 21.7 Å². The summed E-state index contributed by atoms with van der Waals surface area (Å²) in [5.41, 5.74) is 4.20. The minimum absolute atomic E-state index is 0.130. The summed E-state index contributed by atoms with van der Waals surface area (Å²) in [7, 11) is 0. The van der Waals surface area contributed by atoms with Crippen molar-refractivity contribution in [1.29, 1.82) is 0 Å². The SMILES string of the molecule is Cc1ccccc1-c1nc(C)c(CNC(=O)C=Cc2cccnc2)s1. The fourth-order valence-electron chi connectivity index (χ4n) is 2.39. The maximum Gasteiger partial charge on any atom is 0.244 e. The number of thiazole rings is 1. The van der Waals surface area contributed by atoms with Gasteiger partial charge in [0.05, 0.1) is 12.2 Å². The van der Waals surface area contributed by atoms with Gasteiger partial charge in [-0.1, -0.05) is 30.3 Å². The van der Waals surface area contributed by atoms with Crippen LogP contribution in [-0.4, -0.2) is 15.9 Å². The van der Waals surface area contributed by atoms with Crippen LogP contribution in [-0.2, 0) is 11.3 Å². The van der Waals surface area contributed by atoms with E-state index in [4.69, 9.17) is 0 Å². The van der Waals surface area contributed by atoms with E-state index in [1.54, 1.807) is 29.8 Å². The lowest BCUT2D eigenvalue weighted by molar-refractivity contribution is -0.116. The number of pyridine rings is 1. The Morgan fingerprint density at radius 2 is 2.04 bits per heavy atom. The van der Waals surface area contributed by atoms with E-state index < -0.39 is 0 Å². The normalized spacial score (nSPS) is 11.0. The van der Waals surface area contributed by atoms with Gasteiger partial charge in [0.1, 0.15) is 5.01 Å². The fourth-order valence-corrected chi connectivity index (χ4v) is 3.49. The molecule has 1 N–H and O–H groups in total. The second-order valence-electron chi connectivity index (χ2n) is 5.68. The third-order valence-electron chi connectivity index (χ3n) is 3.80. The Balaban J connectivity index is 1.65. The summed E-state index contributed by atoms with van der Waals surface area (Å²) < 4.78 is 0. The van der Waals surface area contributed by atoms with Gasteiger partial charge in [-0.3, -0.25) is 9.78 Å². The van der Waals surface area contributed by atoms with Gasteiger partial charge >= 0.3 is 0 Å². The highest BCUT2D eigenvalue weighted by molar-refractivity contribution is 7.15. The number of hydrogen-bond donors (Lipinski definition) is 1. The van der Waals surface area contributed by atoms with E-state index >= 15 is 0 Å². The van der Waals surface area contributed by atoms with Crippen molar-refractivity contribution in [2.75, 3.05) is 0 Å². The molecule has 0 aliphatic carbocycles. The molecule has 0 spiro atoms. The molecule has 0 saturated heterocycles. The minimum Gasteiger partial charge on any atom is -0.348 e. The molecule has 0 bridgehead atoms. The molecule has 0 aliphatic heterocycles. The van der Waals surface area contributed by atoms with E-state index in [2.05, 4.69) is 34.3 Å². The largest absolute Gasteiger partial charge is 0.348 e. The molecule has 2 heterocycles. The third kappa shape index (κ3) is 4.39. The van der Waals surface area contributed by atoms with E-state index in [9.17, 15) is 4.79 Å². The van der Waals surface area contributed by atoms with Crippen LogP contribution >= 0.6 is 11.3 Å². The lowest BCUT2D eigenvalue weighted by atomic mass is 10.1. The van der Waals surface area contributed by atoms with Crippen molar-refractivity contribution in [1.82, 2.24) is 15.3 Å². The molecule has 0 atom stereocenters. The summed E-state index contributed by atoms with van der Waals surface area (Å²) in [4.78, 5) is 21.7. The second-order valence-corrected chi connectivity index (χ2v) is 6.76. The first-order valence-electron chi connectivity index (χ1n) is 8.02. The first-order chi connectivity index (χ1) is 12.1. The average molecular weight is 349 g/mol. The van der Waals surface area contributed by atoms with Crippen molar-refractivity contribution >= 4 is 23.3 Å². The smallest absolute Gasteiger partial charge is 0.244 e. The molecule has 2 aromatic heterocycles. The number of amides is 1. The van der Waals surface area contributed by atoms with Gasteiger partial charge < -0.3 is 5.32 Å². The van der Waals surface area contributed by atoms with Crippen LogP contribution in [0.5, 0.6) is 0 Å². The van der Waals surface area contributed by atoms with Crippen LogP contribution in [0.2, 0.25) is 0 Å². The van der Waals surface area contributed by atoms with Crippen molar-refractivity contribution < 1.29 is 4.79 Å². The van der Waals surface area contributed by atoms with Gasteiger partial charge in [0.2, 0.25) is 5.91 Å². The number of carbonyl (C=O) groups is 1. The molecule has 0 saturated carbocycles. The van der Waals surface area contributed by atoms with E-state index in [1.807, 2.05) is 31.2 Å². The van der Waals surface area contributed by atoms with Crippen LogP contribution in [0.4, 0.5) is 0 Å². The molecular formula is C20H19N3OS. The number of rotatable bonds is 5. The van der Waals surface area contributed by atoms with Gasteiger partial charge in [0.15, 0.2) is 0 Å². The van der Waals surface area contributed by atoms with Gasteiger partial charge in [-0.15, -0.1) is 11.3 Å². The Morgan fingerprint density at radius 1 is 1.20 bits per heavy atom. The Kier molecular flexibility index (Phi) is 5.36. The van der Waals surface area contributed by atoms with Crippen molar-refractivity contribution in [3.8, 4) is 10.6 Å². The monoisotopic (exact) mass is 349 g/mol. The van der Waals surface area contributed by atoms with Crippen LogP contribution in [0.3, 0.4) is 0 Å². The highest BCUT2D eigenvalue weighted by Crippen LogP contribution is 2.29. The Bertz CT molecular complexity index is 900. The first kappa shape index (κ1) is 17.0. The number of carbonyl (C=O) groups excluding carboxylic acids is 1. The van der Waals surface area contributed by atoms with E-state index in [1.165, 1.54) is 11.6 Å². The van der Waals surface area contributed by atoms with Gasteiger partial charge in [-0.2, -0.15) is 0 Å². The molecule has 0 aliphatic rings. The molecule has 0 radical (unpaired) electrons. The zero-order valence-corrected chi connectivity index (χ0v) is 15.0. The van der Waals surface area contributed by atoms with E-state index in [0.717, 1.165) is 26.7 Å². The molecule has 4 nitrogen and oxygen atoms in total. The van der Waals surface area contributed by atoms with Crippen LogP contribution < -0.4 is 5.32 Å². The standard InChI is InChI=1S/C20H19N3OS/c1-14-6-3-4-8-17(14)20-23-15(2)18(25-20)13-22-19(24)10-9-16-7-5-11-21-12-16/h3-12H,13H2,1-2H3,(H,22,24). The van der Waals surface area contributed by atoms with Crippen molar-refractivity contribution in [2.45, 2.75) is 20.4 Å². The van der Waals surface area contributed by atoms with Crippen molar-refractivity contribution in [3.63, 3.8) is 0 Å². The average Bonchev–Trinajstić information content (AvgIpc) is 3.00. The lowest BCUT2D eigenvalue weighted by Crippen LogP contribution is -2.20. The van der Waals surface area contributed by atoms with Crippen molar-refractivity contribution in [3.05, 3.63) is 76.6 Å². The van der Waals surface area contributed by atoms with Crippen LogP contribution in [0.25, 0.3) is 16.6 Å². The summed E-state index contributed by atoms with van der Waals surface area (Å²) >= 11 is 1.62. The summed E-state index contributed by atoms with van der Waals surface area (Å²) in [5.74, 6) is -0.130. The molecule has 25 heavy (non-hydrogen) atoms. The van der Waals surface area contributed by atoms with Crippen LogP contribution in [0.15, 0.2) is 54.9 Å². The summed E-state index contributed by atoms with van der Waals surface area (Å²) in [6.07, 6.45) is 6.69. The molecule has 3 aromatic rings. The highest BCUT2D eigenvalue weighted by atomic mass is 32.1. The molecule has 126 valence electrons. The third-order valence-corrected chi connectivity index (χ3v) is 4.99. The minimum atomic E-state index is -0.130. The molecule has 1 amide bonds. The second kappa shape index (κ2) is 7.85. The number of nitrogens with zero attached hydrogens (tertiary/aromatic N) is 2. The number of aromatic nitrogens is 2. The Morgan fingerprint density at radius 3 is 2.80 bits per heavy atom. The number of aryl methyl sites for hydroxylation is 2. The predicted molar refractivity (Wildman–Crippen MR) is 102 cm³/mol. The molecule has 3 rings (SSSR count). The zero-order valence-electron chi connectivity index (χ0n) is 14.2. The summed E-state index contributed by atoms with van der Waals surface area (Å²) in [6.45, 7) is 4.54. The number of benzene rings is 1. The van der Waals surface area contributed by atoms with Gasteiger partial charge in [-0.05, 0) is 37.1 Å². The van der Waals surface area contributed by atoms with Crippen LogP contribution in [0, 0.1) is 13.8 Å². The fraction of sp³-hybridized carbons (Fsp3) is 0.150. The lowest BCUT2D eigenvalue weighted by Gasteiger charge is -2.01. The molecule has 0 unspecified atom stereocenters. The van der Waals surface area contributed by atoms with Crippen molar-refractivity contribution in [2.24, 2.45) is 0 Å².